The Bertz CT molecular complexity index is 963. The second-order valence-electron chi connectivity index (χ2n) is 8.27. The highest BCUT2D eigenvalue weighted by Gasteiger charge is 2.34. The van der Waals surface area contributed by atoms with Crippen molar-refractivity contribution in [3.05, 3.63) is 65.7 Å². The average molecular weight is 443 g/mol. The normalized spacial score (nSPS) is 20.1. The number of hydrogen-bond acceptors (Lipinski definition) is 4. The third-order valence-electron chi connectivity index (χ3n) is 5.98. The summed E-state index contributed by atoms with van der Waals surface area (Å²) in [5.74, 6) is -0.434. The number of rotatable bonds is 6. The number of hydrogen-bond donors (Lipinski definition) is 1. The first-order valence-corrected chi connectivity index (χ1v) is 10.9. The zero-order valence-corrected chi connectivity index (χ0v) is 17.8. The van der Waals surface area contributed by atoms with Gasteiger partial charge in [0.25, 0.3) is 0 Å². The summed E-state index contributed by atoms with van der Waals surface area (Å²) in [7, 11) is 0. The van der Waals surface area contributed by atoms with Crippen molar-refractivity contribution in [3.63, 3.8) is 0 Å². The van der Waals surface area contributed by atoms with E-state index >= 15 is 0 Å². The molecule has 0 radical (unpaired) electrons. The number of halogens is 2. The van der Waals surface area contributed by atoms with E-state index in [1.807, 2.05) is 11.0 Å². The van der Waals surface area contributed by atoms with E-state index in [1.165, 1.54) is 24.3 Å². The fourth-order valence-electron chi connectivity index (χ4n) is 4.29. The molecule has 2 amide bonds. The molecular weight excluding hydrogens is 416 g/mol. The second-order valence-corrected chi connectivity index (χ2v) is 8.27. The van der Waals surface area contributed by atoms with Crippen LogP contribution in [0, 0.1) is 11.6 Å². The number of nitrogens with zero attached hydrogens (tertiary/aromatic N) is 2. The van der Waals surface area contributed by atoms with Crippen molar-refractivity contribution in [2.75, 3.05) is 26.2 Å². The molecule has 2 aliphatic rings. The Kier molecular flexibility index (Phi) is 6.99. The Morgan fingerprint density at radius 3 is 2.47 bits per heavy atom. The van der Waals surface area contributed by atoms with E-state index in [1.54, 1.807) is 23.1 Å². The number of amides is 2. The summed E-state index contributed by atoms with van der Waals surface area (Å²) in [4.78, 5) is 29.2. The summed E-state index contributed by atoms with van der Waals surface area (Å²) < 4.78 is 32.7. The third-order valence-corrected chi connectivity index (χ3v) is 5.98. The number of piperidine rings is 1. The van der Waals surface area contributed by atoms with Crippen molar-refractivity contribution in [2.24, 2.45) is 0 Å². The number of carbonyl (C=O) groups excluding carboxylic acids is 2. The van der Waals surface area contributed by atoms with Gasteiger partial charge in [0.15, 0.2) is 0 Å². The minimum atomic E-state index is -0.583. The van der Waals surface area contributed by atoms with E-state index in [4.69, 9.17) is 4.74 Å². The van der Waals surface area contributed by atoms with Gasteiger partial charge in [-0.05, 0) is 29.8 Å². The van der Waals surface area contributed by atoms with Gasteiger partial charge in [-0.1, -0.05) is 18.2 Å². The van der Waals surface area contributed by atoms with E-state index in [-0.39, 0.29) is 36.0 Å². The predicted molar refractivity (Wildman–Crippen MR) is 115 cm³/mol. The maximum absolute atomic E-state index is 13.5. The van der Waals surface area contributed by atoms with Gasteiger partial charge in [0.2, 0.25) is 11.8 Å². The molecule has 1 N–H and O–H groups in total. The molecule has 0 aromatic heterocycles. The quantitative estimate of drug-likeness (QED) is 0.746. The molecule has 4 rings (SSSR count). The Hall–Kier alpha value is -3.00. The van der Waals surface area contributed by atoms with Gasteiger partial charge < -0.3 is 15.0 Å². The average Bonchev–Trinajstić information content (AvgIpc) is 2.77. The molecule has 2 fully saturated rings. The maximum atomic E-state index is 13.5. The van der Waals surface area contributed by atoms with Gasteiger partial charge in [-0.2, -0.15) is 0 Å². The van der Waals surface area contributed by atoms with Gasteiger partial charge in [-0.15, -0.1) is 0 Å². The van der Waals surface area contributed by atoms with E-state index in [2.05, 4.69) is 5.32 Å². The molecule has 2 aromatic rings. The van der Waals surface area contributed by atoms with Crippen molar-refractivity contribution in [1.29, 1.82) is 0 Å². The fourth-order valence-corrected chi connectivity index (χ4v) is 4.29. The molecule has 2 aliphatic heterocycles. The van der Waals surface area contributed by atoms with Crippen LogP contribution in [0.5, 0.6) is 5.75 Å². The first-order chi connectivity index (χ1) is 15.5. The molecule has 0 aliphatic carbocycles. The van der Waals surface area contributed by atoms with Crippen LogP contribution in [0.2, 0.25) is 0 Å². The van der Waals surface area contributed by atoms with Gasteiger partial charge >= 0.3 is 0 Å². The fraction of sp³-hybridized carbons (Fsp3) is 0.417. The lowest BCUT2D eigenvalue weighted by Crippen LogP contribution is -2.56. The van der Waals surface area contributed by atoms with E-state index in [9.17, 15) is 18.4 Å². The zero-order valence-electron chi connectivity index (χ0n) is 17.8. The summed E-state index contributed by atoms with van der Waals surface area (Å²) in [5, 5.41) is 2.83. The van der Waals surface area contributed by atoms with Gasteiger partial charge in [-0.3, -0.25) is 14.5 Å². The Labute approximate surface area is 186 Å². The number of benzene rings is 2. The highest BCUT2D eigenvalue weighted by Crippen LogP contribution is 2.22. The molecule has 6 nitrogen and oxygen atoms in total. The zero-order chi connectivity index (χ0) is 22.5. The lowest BCUT2D eigenvalue weighted by atomic mass is 10.0. The largest absolute Gasteiger partial charge is 0.490 e. The molecule has 0 unspecified atom stereocenters. The number of likely N-dealkylation sites (tertiary alicyclic amines) is 1. The van der Waals surface area contributed by atoms with Crippen molar-refractivity contribution in [1.82, 2.24) is 15.1 Å². The Balaban J connectivity index is 1.32. The molecule has 1 atom stereocenters. The molecule has 32 heavy (non-hydrogen) atoms. The molecular formula is C24H27F2N3O3. The van der Waals surface area contributed by atoms with Crippen LogP contribution in [0.15, 0.2) is 48.5 Å². The summed E-state index contributed by atoms with van der Waals surface area (Å²) in [5.41, 5.74) is 0.771. The van der Waals surface area contributed by atoms with Crippen LogP contribution >= 0.6 is 0 Å². The van der Waals surface area contributed by atoms with E-state index in [0.717, 1.165) is 5.56 Å². The molecule has 170 valence electrons. The van der Waals surface area contributed by atoms with E-state index in [0.29, 0.717) is 51.3 Å². The molecule has 2 aromatic carbocycles. The number of piperazine rings is 1. The lowest BCUT2D eigenvalue weighted by molar-refractivity contribution is -0.140. The van der Waals surface area contributed by atoms with Crippen LogP contribution in [0.25, 0.3) is 0 Å². The number of nitrogens with one attached hydrogen (secondary N) is 1. The Morgan fingerprint density at radius 1 is 1.03 bits per heavy atom. The van der Waals surface area contributed by atoms with Gasteiger partial charge in [0.05, 0.1) is 12.5 Å². The summed E-state index contributed by atoms with van der Waals surface area (Å²) in [6.45, 7) is 2.56. The molecule has 8 heteroatoms. The monoisotopic (exact) mass is 443 g/mol. The predicted octanol–water partition coefficient (Wildman–Crippen LogP) is 2.73. The first kappa shape index (κ1) is 22.2. The maximum Gasteiger partial charge on any atom is 0.237 e. The van der Waals surface area contributed by atoms with Gasteiger partial charge in [0, 0.05) is 51.6 Å². The molecule has 0 spiro atoms. The summed E-state index contributed by atoms with van der Waals surface area (Å²) >= 11 is 0. The van der Waals surface area contributed by atoms with Crippen LogP contribution in [0.3, 0.4) is 0 Å². The van der Waals surface area contributed by atoms with E-state index < -0.39 is 6.04 Å². The highest BCUT2D eigenvalue weighted by atomic mass is 19.1. The second kappa shape index (κ2) is 10.1. The van der Waals surface area contributed by atoms with Crippen molar-refractivity contribution >= 4 is 11.8 Å². The van der Waals surface area contributed by atoms with Crippen LogP contribution in [0.1, 0.15) is 24.8 Å². The van der Waals surface area contributed by atoms with Crippen molar-refractivity contribution in [2.45, 2.75) is 38.0 Å². The van der Waals surface area contributed by atoms with Gasteiger partial charge in [-0.25, -0.2) is 8.78 Å². The summed E-state index contributed by atoms with van der Waals surface area (Å²) in [6.07, 6.45) is 1.29. The molecule has 0 saturated carbocycles. The minimum absolute atomic E-state index is 0.0799. The minimum Gasteiger partial charge on any atom is -0.490 e. The van der Waals surface area contributed by atoms with Crippen LogP contribution in [0.4, 0.5) is 8.78 Å². The standard InChI is InChI=1S/C24H27F2N3O3/c25-18-4-1-3-17(13-18)16-29-12-9-27-24(31)22(29)15-23(30)28-10-7-20(8-11-28)32-21-6-2-5-19(26)14-21/h1-6,13-14,20,22H,7-12,15-16H2,(H,27,31)/t22-/m1/s1. The van der Waals surface area contributed by atoms with Crippen LogP contribution < -0.4 is 10.1 Å². The van der Waals surface area contributed by atoms with Gasteiger partial charge in [0.1, 0.15) is 23.5 Å². The third kappa shape index (κ3) is 5.62. The molecule has 2 saturated heterocycles. The number of carbonyl (C=O) groups is 2. The van der Waals surface area contributed by atoms with Crippen LogP contribution in [-0.2, 0) is 16.1 Å². The van der Waals surface area contributed by atoms with Crippen molar-refractivity contribution in [3.8, 4) is 5.75 Å². The number of ether oxygens (including phenoxy) is 1. The van der Waals surface area contributed by atoms with Crippen LogP contribution in [-0.4, -0.2) is 59.9 Å². The smallest absolute Gasteiger partial charge is 0.237 e. The highest BCUT2D eigenvalue weighted by molar-refractivity contribution is 5.88. The molecule has 0 bridgehead atoms. The SMILES string of the molecule is O=C1NCCN(Cc2cccc(F)c2)[C@@H]1CC(=O)N1CCC(Oc2cccc(F)c2)CC1. The topological polar surface area (TPSA) is 61.9 Å². The molecule has 2 heterocycles. The first-order valence-electron chi connectivity index (χ1n) is 10.9. The Morgan fingerprint density at radius 2 is 1.75 bits per heavy atom. The van der Waals surface area contributed by atoms with Crippen molar-refractivity contribution < 1.29 is 23.1 Å². The summed E-state index contributed by atoms with van der Waals surface area (Å²) in [6, 6.07) is 11.8. The lowest BCUT2D eigenvalue weighted by Gasteiger charge is -2.37.